The van der Waals surface area contributed by atoms with Gasteiger partial charge in [-0.25, -0.2) is 0 Å². The monoisotopic (exact) mass is 241 g/mol. The highest BCUT2D eigenvalue weighted by Gasteiger charge is 2.19. The molecule has 1 atom stereocenters. The van der Waals surface area contributed by atoms with E-state index in [1.807, 2.05) is 13.8 Å². The lowest BCUT2D eigenvalue weighted by Crippen LogP contribution is -2.45. The van der Waals surface area contributed by atoms with Crippen LogP contribution in [-0.4, -0.2) is 49.6 Å². The third-order valence-electron chi connectivity index (χ3n) is 3.61. The van der Waals surface area contributed by atoms with Gasteiger partial charge in [0.25, 0.3) is 0 Å². The van der Waals surface area contributed by atoms with E-state index in [4.69, 9.17) is 0 Å². The minimum Gasteiger partial charge on any atom is -0.355 e. The molecular weight excluding hydrogens is 214 g/mol. The van der Waals surface area contributed by atoms with Gasteiger partial charge in [0, 0.05) is 6.54 Å². The van der Waals surface area contributed by atoms with E-state index in [9.17, 15) is 4.79 Å². The van der Waals surface area contributed by atoms with Crippen LogP contribution in [0, 0.1) is 5.92 Å². The van der Waals surface area contributed by atoms with E-state index in [1.54, 1.807) is 0 Å². The molecule has 1 aliphatic heterocycles. The van der Waals surface area contributed by atoms with E-state index in [1.165, 1.54) is 25.9 Å². The van der Waals surface area contributed by atoms with E-state index >= 15 is 0 Å². The standard InChI is InChI=1S/C13H27N3O/c1-4-14-13(17)11(3)15-10-12-6-8-16(5-2)9-7-12/h11-12,15H,4-10H2,1-3H3,(H,14,17). The van der Waals surface area contributed by atoms with Crippen LogP contribution in [0.15, 0.2) is 0 Å². The lowest BCUT2D eigenvalue weighted by atomic mass is 9.96. The molecule has 1 heterocycles. The number of rotatable bonds is 6. The fourth-order valence-electron chi connectivity index (χ4n) is 2.27. The molecule has 1 amide bonds. The first kappa shape index (κ1) is 14.5. The summed E-state index contributed by atoms with van der Waals surface area (Å²) in [5.41, 5.74) is 0. The zero-order chi connectivity index (χ0) is 12.7. The molecule has 1 saturated heterocycles. The highest BCUT2D eigenvalue weighted by atomic mass is 16.2. The summed E-state index contributed by atoms with van der Waals surface area (Å²) < 4.78 is 0. The van der Waals surface area contributed by atoms with Crippen LogP contribution in [0.1, 0.15) is 33.6 Å². The van der Waals surface area contributed by atoms with E-state index < -0.39 is 0 Å². The maximum absolute atomic E-state index is 11.5. The highest BCUT2D eigenvalue weighted by molar-refractivity contribution is 5.81. The molecule has 4 heteroatoms. The molecule has 1 rings (SSSR count). The van der Waals surface area contributed by atoms with Crippen molar-refractivity contribution >= 4 is 5.91 Å². The first-order valence-electron chi connectivity index (χ1n) is 6.90. The maximum Gasteiger partial charge on any atom is 0.236 e. The van der Waals surface area contributed by atoms with Crippen molar-refractivity contribution in [2.45, 2.75) is 39.7 Å². The first-order valence-corrected chi connectivity index (χ1v) is 6.90. The molecule has 0 saturated carbocycles. The van der Waals surface area contributed by atoms with Crippen molar-refractivity contribution in [3.63, 3.8) is 0 Å². The van der Waals surface area contributed by atoms with Crippen LogP contribution < -0.4 is 10.6 Å². The second kappa shape index (κ2) is 7.67. The van der Waals surface area contributed by atoms with Crippen LogP contribution in [-0.2, 0) is 4.79 Å². The molecule has 0 aromatic carbocycles. The fourth-order valence-corrected chi connectivity index (χ4v) is 2.27. The molecule has 0 radical (unpaired) electrons. The van der Waals surface area contributed by atoms with Crippen LogP contribution in [0.4, 0.5) is 0 Å². The number of hydrogen-bond acceptors (Lipinski definition) is 3. The molecule has 4 nitrogen and oxygen atoms in total. The van der Waals surface area contributed by atoms with Gasteiger partial charge in [-0.05, 0) is 58.8 Å². The minimum absolute atomic E-state index is 0.0702. The van der Waals surface area contributed by atoms with Crippen molar-refractivity contribution in [1.29, 1.82) is 0 Å². The summed E-state index contributed by atoms with van der Waals surface area (Å²) in [6.07, 6.45) is 2.51. The number of likely N-dealkylation sites (N-methyl/N-ethyl adjacent to an activating group) is 1. The molecule has 0 aliphatic carbocycles. The Morgan fingerprint density at radius 3 is 2.53 bits per heavy atom. The van der Waals surface area contributed by atoms with Gasteiger partial charge in [-0.15, -0.1) is 0 Å². The molecule has 2 N–H and O–H groups in total. The van der Waals surface area contributed by atoms with Gasteiger partial charge in [0.2, 0.25) is 5.91 Å². The SMILES string of the molecule is CCNC(=O)C(C)NCC1CCN(CC)CC1. The van der Waals surface area contributed by atoms with Gasteiger partial charge in [-0.3, -0.25) is 4.79 Å². The van der Waals surface area contributed by atoms with Gasteiger partial charge >= 0.3 is 0 Å². The summed E-state index contributed by atoms with van der Waals surface area (Å²) in [5, 5.41) is 6.18. The number of carbonyl (C=O) groups is 1. The Kier molecular flexibility index (Phi) is 6.52. The Balaban J connectivity index is 2.16. The van der Waals surface area contributed by atoms with E-state index in [0.29, 0.717) is 6.54 Å². The zero-order valence-electron chi connectivity index (χ0n) is 11.5. The van der Waals surface area contributed by atoms with Crippen molar-refractivity contribution < 1.29 is 4.79 Å². The average Bonchev–Trinajstić information content (AvgIpc) is 2.36. The average molecular weight is 241 g/mol. The topological polar surface area (TPSA) is 44.4 Å². The van der Waals surface area contributed by atoms with Gasteiger partial charge in [0.15, 0.2) is 0 Å². The number of amides is 1. The minimum atomic E-state index is -0.0702. The van der Waals surface area contributed by atoms with Gasteiger partial charge in [0.05, 0.1) is 6.04 Å². The summed E-state index contributed by atoms with van der Waals surface area (Å²) in [4.78, 5) is 14.0. The largest absolute Gasteiger partial charge is 0.355 e. The third-order valence-corrected chi connectivity index (χ3v) is 3.61. The normalized spacial score (nSPS) is 20.2. The number of nitrogens with zero attached hydrogens (tertiary/aromatic N) is 1. The van der Waals surface area contributed by atoms with Crippen LogP contribution in [0.5, 0.6) is 0 Å². The quantitative estimate of drug-likeness (QED) is 0.724. The van der Waals surface area contributed by atoms with Crippen molar-refractivity contribution in [2.24, 2.45) is 5.92 Å². The van der Waals surface area contributed by atoms with Gasteiger partial charge in [-0.1, -0.05) is 6.92 Å². The predicted molar refractivity (Wildman–Crippen MR) is 71.0 cm³/mol. The Bertz CT molecular complexity index is 225. The Morgan fingerprint density at radius 1 is 1.35 bits per heavy atom. The molecule has 0 aromatic heterocycles. The summed E-state index contributed by atoms with van der Waals surface area (Å²) >= 11 is 0. The maximum atomic E-state index is 11.5. The zero-order valence-corrected chi connectivity index (χ0v) is 11.5. The number of nitrogens with one attached hydrogen (secondary N) is 2. The molecule has 1 aliphatic rings. The van der Waals surface area contributed by atoms with Crippen molar-refractivity contribution in [3.8, 4) is 0 Å². The van der Waals surface area contributed by atoms with Crippen LogP contribution in [0.25, 0.3) is 0 Å². The van der Waals surface area contributed by atoms with Crippen LogP contribution in [0.3, 0.4) is 0 Å². The predicted octanol–water partition coefficient (Wildman–Crippen LogP) is 0.833. The van der Waals surface area contributed by atoms with Crippen LogP contribution in [0.2, 0.25) is 0 Å². The molecule has 100 valence electrons. The van der Waals surface area contributed by atoms with E-state index in [2.05, 4.69) is 22.5 Å². The lowest BCUT2D eigenvalue weighted by Gasteiger charge is -2.31. The fraction of sp³-hybridized carbons (Fsp3) is 0.923. The summed E-state index contributed by atoms with van der Waals surface area (Å²) in [5.74, 6) is 0.841. The molecule has 0 aromatic rings. The van der Waals surface area contributed by atoms with Crippen molar-refractivity contribution in [1.82, 2.24) is 15.5 Å². The van der Waals surface area contributed by atoms with Crippen molar-refractivity contribution in [2.75, 3.05) is 32.7 Å². The summed E-state index contributed by atoms with van der Waals surface area (Å²) in [7, 11) is 0. The van der Waals surface area contributed by atoms with Gasteiger partial charge in [0.1, 0.15) is 0 Å². The molecule has 1 fully saturated rings. The molecular formula is C13H27N3O. The Morgan fingerprint density at radius 2 is 2.00 bits per heavy atom. The molecule has 0 spiro atoms. The summed E-state index contributed by atoms with van der Waals surface area (Å²) in [6.45, 7) is 11.4. The molecule has 17 heavy (non-hydrogen) atoms. The second-order valence-corrected chi connectivity index (χ2v) is 4.90. The van der Waals surface area contributed by atoms with Gasteiger partial charge in [-0.2, -0.15) is 0 Å². The number of hydrogen-bond donors (Lipinski definition) is 2. The van der Waals surface area contributed by atoms with E-state index in [-0.39, 0.29) is 11.9 Å². The molecule has 1 unspecified atom stereocenters. The number of piperidine rings is 1. The highest BCUT2D eigenvalue weighted by Crippen LogP contribution is 2.15. The van der Waals surface area contributed by atoms with Crippen LogP contribution >= 0.6 is 0 Å². The van der Waals surface area contributed by atoms with E-state index in [0.717, 1.165) is 19.0 Å². The number of likely N-dealkylation sites (tertiary alicyclic amines) is 1. The number of carbonyl (C=O) groups excluding carboxylic acids is 1. The lowest BCUT2D eigenvalue weighted by molar-refractivity contribution is -0.122. The summed E-state index contributed by atoms with van der Waals surface area (Å²) in [6, 6.07) is -0.0702. The Hall–Kier alpha value is -0.610. The van der Waals surface area contributed by atoms with Gasteiger partial charge < -0.3 is 15.5 Å². The molecule has 0 bridgehead atoms. The second-order valence-electron chi connectivity index (χ2n) is 4.90. The first-order chi connectivity index (χ1) is 8.17. The Labute approximate surface area is 105 Å². The third kappa shape index (κ3) is 5.04. The smallest absolute Gasteiger partial charge is 0.236 e. The van der Waals surface area contributed by atoms with Crippen molar-refractivity contribution in [3.05, 3.63) is 0 Å².